The molecule has 1 aromatic rings. The molecule has 0 bridgehead atoms. The maximum Gasteiger partial charge on any atom is 0.0608 e. The van der Waals surface area contributed by atoms with Gasteiger partial charge in [-0.05, 0) is 37.8 Å². The number of aryl methyl sites for hydroxylation is 2. The topological polar surface area (TPSA) is 20.2 Å². The number of aliphatic hydroxyl groups excluding tert-OH is 1. The van der Waals surface area contributed by atoms with E-state index in [0.29, 0.717) is 5.92 Å². The molecule has 1 aromatic carbocycles. The highest BCUT2D eigenvalue weighted by molar-refractivity contribution is 5.34. The SMILES string of the molecule is Cc1ccc(C)c([C@@H]2CCCC[C@@H]2O)c1. The largest absolute Gasteiger partial charge is 0.392 e. The van der Waals surface area contributed by atoms with E-state index < -0.39 is 0 Å². The summed E-state index contributed by atoms with van der Waals surface area (Å²) < 4.78 is 0. The van der Waals surface area contributed by atoms with Gasteiger partial charge in [0.15, 0.2) is 0 Å². The van der Waals surface area contributed by atoms with Gasteiger partial charge in [0.1, 0.15) is 0 Å². The van der Waals surface area contributed by atoms with E-state index >= 15 is 0 Å². The van der Waals surface area contributed by atoms with Gasteiger partial charge in [-0.25, -0.2) is 0 Å². The zero-order chi connectivity index (χ0) is 10.8. The average molecular weight is 204 g/mol. The smallest absolute Gasteiger partial charge is 0.0608 e. The van der Waals surface area contributed by atoms with Gasteiger partial charge in [0.2, 0.25) is 0 Å². The first kappa shape index (κ1) is 10.7. The molecule has 1 N–H and O–H groups in total. The zero-order valence-electron chi connectivity index (χ0n) is 9.66. The Balaban J connectivity index is 2.30. The first-order valence-corrected chi connectivity index (χ1v) is 5.93. The predicted molar refractivity (Wildman–Crippen MR) is 63.1 cm³/mol. The second-order valence-electron chi connectivity index (χ2n) is 4.82. The van der Waals surface area contributed by atoms with Gasteiger partial charge in [-0.2, -0.15) is 0 Å². The van der Waals surface area contributed by atoms with Gasteiger partial charge < -0.3 is 5.11 Å². The average Bonchev–Trinajstić information content (AvgIpc) is 2.23. The van der Waals surface area contributed by atoms with Crippen molar-refractivity contribution in [2.75, 3.05) is 0 Å². The number of rotatable bonds is 1. The van der Waals surface area contributed by atoms with Crippen LogP contribution in [0.15, 0.2) is 18.2 Å². The fourth-order valence-corrected chi connectivity index (χ4v) is 2.63. The zero-order valence-corrected chi connectivity index (χ0v) is 9.66. The van der Waals surface area contributed by atoms with Crippen LogP contribution in [-0.2, 0) is 0 Å². The maximum absolute atomic E-state index is 10.0. The summed E-state index contributed by atoms with van der Waals surface area (Å²) in [4.78, 5) is 0. The van der Waals surface area contributed by atoms with Crippen molar-refractivity contribution in [2.24, 2.45) is 0 Å². The molecule has 0 amide bonds. The molecular formula is C14H20O. The molecule has 1 fully saturated rings. The molecule has 0 spiro atoms. The summed E-state index contributed by atoms with van der Waals surface area (Å²) in [5.41, 5.74) is 3.99. The van der Waals surface area contributed by atoms with Crippen LogP contribution >= 0.6 is 0 Å². The van der Waals surface area contributed by atoms with Crippen molar-refractivity contribution < 1.29 is 5.11 Å². The van der Waals surface area contributed by atoms with E-state index in [9.17, 15) is 5.11 Å². The molecule has 0 saturated heterocycles. The number of hydrogen-bond acceptors (Lipinski definition) is 1. The van der Waals surface area contributed by atoms with Crippen LogP contribution in [-0.4, -0.2) is 11.2 Å². The second kappa shape index (κ2) is 4.36. The van der Waals surface area contributed by atoms with Crippen LogP contribution in [0.3, 0.4) is 0 Å². The van der Waals surface area contributed by atoms with Gasteiger partial charge in [-0.3, -0.25) is 0 Å². The van der Waals surface area contributed by atoms with Crippen LogP contribution in [0.2, 0.25) is 0 Å². The van der Waals surface area contributed by atoms with E-state index in [0.717, 1.165) is 12.8 Å². The molecule has 2 rings (SSSR count). The third-order valence-electron chi connectivity index (χ3n) is 3.56. The molecule has 0 aromatic heterocycles. The van der Waals surface area contributed by atoms with Gasteiger partial charge >= 0.3 is 0 Å². The Hall–Kier alpha value is -0.820. The molecule has 15 heavy (non-hydrogen) atoms. The van der Waals surface area contributed by atoms with Crippen LogP contribution in [0.25, 0.3) is 0 Å². The van der Waals surface area contributed by atoms with Crippen molar-refractivity contribution in [2.45, 2.75) is 51.6 Å². The van der Waals surface area contributed by atoms with Gasteiger partial charge in [-0.15, -0.1) is 0 Å². The van der Waals surface area contributed by atoms with E-state index in [4.69, 9.17) is 0 Å². The third-order valence-corrected chi connectivity index (χ3v) is 3.56. The first-order chi connectivity index (χ1) is 7.18. The van der Waals surface area contributed by atoms with Crippen LogP contribution in [0.4, 0.5) is 0 Å². The summed E-state index contributed by atoms with van der Waals surface area (Å²) in [6.07, 6.45) is 4.43. The fraction of sp³-hybridized carbons (Fsp3) is 0.571. The Bertz CT molecular complexity index is 343. The summed E-state index contributed by atoms with van der Waals surface area (Å²) in [6.45, 7) is 4.27. The predicted octanol–water partition coefficient (Wildman–Crippen LogP) is 3.32. The standard InChI is InChI=1S/C14H20O/c1-10-7-8-11(2)13(9-10)12-5-3-4-6-14(12)15/h7-9,12,14-15H,3-6H2,1-2H3/t12-,14-/m0/s1. The van der Waals surface area contributed by atoms with Crippen molar-refractivity contribution >= 4 is 0 Å². The lowest BCUT2D eigenvalue weighted by molar-refractivity contribution is 0.106. The van der Waals surface area contributed by atoms with Gasteiger partial charge in [-0.1, -0.05) is 36.6 Å². The highest BCUT2D eigenvalue weighted by Gasteiger charge is 2.25. The molecule has 2 atom stereocenters. The number of benzene rings is 1. The van der Waals surface area contributed by atoms with E-state index in [2.05, 4.69) is 32.0 Å². The minimum atomic E-state index is -0.126. The first-order valence-electron chi connectivity index (χ1n) is 5.93. The lowest BCUT2D eigenvalue weighted by Gasteiger charge is -2.29. The normalized spacial score (nSPS) is 26.6. The van der Waals surface area contributed by atoms with Crippen molar-refractivity contribution in [3.63, 3.8) is 0 Å². The lowest BCUT2D eigenvalue weighted by atomic mass is 9.80. The Morgan fingerprint density at radius 2 is 1.87 bits per heavy atom. The minimum Gasteiger partial charge on any atom is -0.392 e. The molecular weight excluding hydrogens is 184 g/mol. The summed E-state index contributed by atoms with van der Waals surface area (Å²) >= 11 is 0. The highest BCUT2D eigenvalue weighted by atomic mass is 16.3. The van der Waals surface area contributed by atoms with E-state index in [1.54, 1.807) is 0 Å². The Kier molecular flexibility index (Phi) is 3.11. The number of aliphatic hydroxyl groups is 1. The van der Waals surface area contributed by atoms with Crippen molar-refractivity contribution in [3.8, 4) is 0 Å². The molecule has 0 unspecified atom stereocenters. The molecule has 0 heterocycles. The molecule has 1 aliphatic rings. The van der Waals surface area contributed by atoms with Crippen molar-refractivity contribution in [3.05, 3.63) is 34.9 Å². The Morgan fingerprint density at radius 1 is 1.13 bits per heavy atom. The molecule has 1 heteroatoms. The van der Waals surface area contributed by atoms with Gasteiger partial charge in [0.05, 0.1) is 6.10 Å². The van der Waals surface area contributed by atoms with Gasteiger partial charge in [0, 0.05) is 5.92 Å². The van der Waals surface area contributed by atoms with E-state index in [-0.39, 0.29) is 6.10 Å². The fourth-order valence-electron chi connectivity index (χ4n) is 2.63. The summed E-state index contributed by atoms with van der Waals surface area (Å²) in [7, 11) is 0. The highest BCUT2D eigenvalue weighted by Crippen LogP contribution is 2.34. The molecule has 1 aliphatic carbocycles. The van der Waals surface area contributed by atoms with Crippen LogP contribution in [0, 0.1) is 13.8 Å². The van der Waals surface area contributed by atoms with Gasteiger partial charge in [0.25, 0.3) is 0 Å². The lowest BCUT2D eigenvalue weighted by Crippen LogP contribution is -2.23. The monoisotopic (exact) mass is 204 g/mol. The molecule has 0 radical (unpaired) electrons. The van der Waals surface area contributed by atoms with Crippen LogP contribution < -0.4 is 0 Å². The number of hydrogen-bond donors (Lipinski definition) is 1. The maximum atomic E-state index is 10.0. The Labute approximate surface area is 92.1 Å². The Morgan fingerprint density at radius 3 is 2.60 bits per heavy atom. The summed E-state index contributed by atoms with van der Waals surface area (Å²) in [5, 5.41) is 10.0. The van der Waals surface area contributed by atoms with E-state index in [1.807, 2.05) is 0 Å². The summed E-state index contributed by atoms with van der Waals surface area (Å²) in [5.74, 6) is 0.374. The second-order valence-corrected chi connectivity index (χ2v) is 4.82. The van der Waals surface area contributed by atoms with Crippen LogP contribution in [0.1, 0.15) is 48.3 Å². The van der Waals surface area contributed by atoms with E-state index in [1.165, 1.54) is 29.5 Å². The third kappa shape index (κ3) is 2.23. The van der Waals surface area contributed by atoms with Crippen molar-refractivity contribution in [1.29, 1.82) is 0 Å². The molecule has 0 aliphatic heterocycles. The van der Waals surface area contributed by atoms with Crippen LogP contribution in [0.5, 0.6) is 0 Å². The molecule has 1 saturated carbocycles. The molecule has 1 nitrogen and oxygen atoms in total. The van der Waals surface area contributed by atoms with Crippen molar-refractivity contribution in [1.82, 2.24) is 0 Å². The summed E-state index contributed by atoms with van der Waals surface area (Å²) in [6, 6.07) is 6.56. The quantitative estimate of drug-likeness (QED) is 0.744. The minimum absolute atomic E-state index is 0.126. The molecule has 82 valence electrons.